The Bertz CT molecular complexity index is 810. The van der Waals surface area contributed by atoms with Gasteiger partial charge in [-0.15, -0.1) is 0 Å². The van der Waals surface area contributed by atoms with Crippen molar-refractivity contribution in [3.05, 3.63) is 82.0 Å². The van der Waals surface area contributed by atoms with Gasteiger partial charge >= 0.3 is 0 Å². The summed E-state index contributed by atoms with van der Waals surface area (Å²) < 4.78 is 11.2. The topological polar surface area (TPSA) is 38.8 Å². The summed E-state index contributed by atoms with van der Waals surface area (Å²) in [6.07, 6.45) is 3.36. The van der Waals surface area contributed by atoms with Gasteiger partial charge < -0.3 is 14.4 Å². The van der Waals surface area contributed by atoms with Gasteiger partial charge in [0.05, 0.1) is 36.6 Å². The van der Waals surface area contributed by atoms with E-state index in [2.05, 4.69) is 0 Å². The van der Waals surface area contributed by atoms with Gasteiger partial charge in [-0.25, -0.2) is 0 Å². The molecule has 2 aromatic rings. The van der Waals surface area contributed by atoms with Crippen LogP contribution in [0.2, 0.25) is 10.0 Å². The van der Waals surface area contributed by atoms with E-state index in [-0.39, 0.29) is 5.91 Å². The Morgan fingerprint density at radius 1 is 1.19 bits per heavy atom. The number of methoxy groups -OCH3 is 1. The van der Waals surface area contributed by atoms with Crippen molar-refractivity contribution in [2.75, 3.05) is 26.8 Å². The second-order valence-corrected chi connectivity index (χ2v) is 6.81. The molecule has 1 atom stereocenters. The van der Waals surface area contributed by atoms with Gasteiger partial charge in [0.1, 0.15) is 5.60 Å². The first-order chi connectivity index (χ1) is 12.6. The van der Waals surface area contributed by atoms with Gasteiger partial charge in [-0.3, -0.25) is 4.79 Å². The van der Waals surface area contributed by atoms with Crippen molar-refractivity contribution in [2.45, 2.75) is 5.60 Å². The summed E-state index contributed by atoms with van der Waals surface area (Å²) in [5, 5.41) is 0.902. The molecule has 4 nitrogen and oxygen atoms in total. The van der Waals surface area contributed by atoms with Crippen LogP contribution in [0.5, 0.6) is 0 Å². The van der Waals surface area contributed by atoms with Crippen LogP contribution in [0.25, 0.3) is 0 Å². The summed E-state index contributed by atoms with van der Waals surface area (Å²) in [7, 11) is 1.56. The molecule has 0 aliphatic carbocycles. The van der Waals surface area contributed by atoms with Crippen molar-refractivity contribution in [2.24, 2.45) is 0 Å². The first-order valence-electron chi connectivity index (χ1n) is 8.20. The zero-order valence-electron chi connectivity index (χ0n) is 14.3. The quantitative estimate of drug-likeness (QED) is 0.719. The van der Waals surface area contributed by atoms with E-state index in [0.717, 1.165) is 5.56 Å². The molecule has 0 N–H and O–H groups in total. The summed E-state index contributed by atoms with van der Waals surface area (Å²) in [5.74, 6) is -0.0378. The van der Waals surface area contributed by atoms with Crippen molar-refractivity contribution >= 4 is 29.1 Å². The van der Waals surface area contributed by atoms with Crippen LogP contribution in [0, 0.1) is 0 Å². The van der Waals surface area contributed by atoms with Gasteiger partial charge in [0, 0.05) is 12.1 Å². The molecule has 1 aliphatic rings. The monoisotopic (exact) mass is 391 g/mol. The number of hydrogen-bond acceptors (Lipinski definition) is 3. The van der Waals surface area contributed by atoms with E-state index in [1.807, 2.05) is 36.4 Å². The van der Waals surface area contributed by atoms with Crippen LogP contribution in [0.1, 0.15) is 15.9 Å². The largest absolute Gasteiger partial charge is 0.505 e. The Balaban J connectivity index is 1.95. The third-order valence-corrected chi connectivity index (χ3v) is 5.08. The predicted octanol–water partition coefficient (Wildman–Crippen LogP) is 4.52. The molecule has 6 heteroatoms. The maximum atomic E-state index is 12.9. The van der Waals surface area contributed by atoms with E-state index in [1.165, 1.54) is 0 Å². The van der Waals surface area contributed by atoms with E-state index in [4.69, 9.17) is 32.7 Å². The Morgan fingerprint density at radius 2 is 1.96 bits per heavy atom. The van der Waals surface area contributed by atoms with E-state index in [0.29, 0.717) is 35.3 Å². The van der Waals surface area contributed by atoms with E-state index >= 15 is 0 Å². The fourth-order valence-electron chi connectivity index (χ4n) is 2.99. The van der Waals surface area contributed by atoms with Gasteiger partial charge in [-0.1, -0.05) is 47.5 Å². The summed E-state index contributed by atoms with van der Waals surface area (Å²) in [4.78, 5) is 14.7. The average Bonchev–Trinajstić information content (AvgIpc) is 2.68. The molecule has 1 fully saturated rings. The highest BCUT2D eigenvalue weighted by atomic mass is 35.5. The Labute approximate surface area is 162 Å². The molecule has 2 aromatic carbocycles. The number of nitrogens with zero attached hydrogens (tertiary/aromatic N) is 1. The van der Waals surface area contributed by atoms with Crippen molar-refractivity contribution in [3.63, 3.8) is 0 Å². The summed E-state index contributed by atoms with van der Waals surface area (Å²) in [6, 6.07) is 14.5. The molecule has 0 radical (unpaired) electrons. The zero-order chi connectivity index (χ0) is 18.6. The van der Waals surface area contributed by atoms with Crippen molar-refractivity contribution in [3.8, 4) is 0 Å². The van der Waals surface area contributed by atoms with Crippen LogP contribution in [0.3, 0.4) is 0 Å². The lowest BCUT2D eigenvalue weighted by molar-refractivity contribution is -0.0747. The number of carbonyl (C=O) groups excluding carboxylic acids is 1. The number of halogens is 2. The molecule has 1 unspecified atom stereocenters. The highest BCUT2D eigenvalue weighted by molar-refractivity contribution is 6.42. The van der Waals surface area contributed by atoms with Gasteiger partial charge in [-0.2, -0.15) is 0 Å². The molecule has 1 heterocycles. The minimum absolute atomic E-state index is 0.0378. The van der Waals surface area contributed by atoms with Gasteiger partial charge in [0.2, 0.25) is 0 Å². The number of carbonyl (C=O) groups is 1. The van der Waals surface area contributed by atoms with Crippen LogP contribution < -0.4 is 0 Å². The molecule has 1 saturated heterocycles. The first kappa shape index (κ1) is 18.8. The SMILES string of the molecule is CO/C=C/C1(c2ccc(Cl)c(Cl)c2)CN(C(=O)c2ccccc2)CCO1. The molecule has 3 rings (SSSR count). The van der Waals surface area contributed by atoms with Gasteiger partial charge in [0.25, 0.3) is 5.91 Å². The van der Waals surface area contributed by atoms with Crippen LogP contribution in [0.15, 0.2) is 60.9 Å². The number of benzene rings is 2. The molecule has 1 aliphatic heterocycles. The second-order valence-electron chi connectivity index (χ2n) is 6.00. The second kappa shape index (κ2) is 8.12. The molecular weight excluding hydrogens is 373 g/mol. The predicted molar refractivity (Wildman–Crippen MR) is 103 cm³/mol. The third-order valence-electron chi connectivity index (χ3n) is 4.34. The third kappa shape index (κ3) is 3.88. The molecular formula is C20H19Cl2NO3. The molecule has 0 saturated carbocycles. The highest BCUT2D eigenvalue weighted by Gasteiger charge is 2.38. The standard InChI is InChI=1S/C20H19Cl2NO3/c1-25-11-9-20(16-7-8-17(21)18(22)13-16)14-23(10-12-26-20)19(24)15-5-3-2-4-6-15/h2-9,11,13H,10,12,14H2,1H3/b11-9+. The fraction of sp³-hybridized carbons (Fsp3) is 0.250. The number of hydrogen-bond donors (Lipinski definition) is 0. The molecule has 1 amide bonds. The van der Waals surface area contributed by atoms with Crippen molar-refractivity contribution < 1.29 is 14.3 Å². The molecule has 0 aromatic heterocycles. The minimum Gasteiger partial charge on any atom is -0.505 e. The first-order valence-corrected chi connectivity index (χ1v) is 8.96. The highest BCUT2D eigenvalue weighted by Crippen LogP contribution is 2.35. The normalized spacial score (nSPS) is 20.3. The Kier molecular flexibility index (Phi) is 5.87. The van der Waals surface area contributed by atoms with Crippen LogP contribution in [-0.4, -0.2) is 37.6 Å². The lowest BCUT2D eigenvalue weighted by Gasteiger charge is -2.41. The fourth-order valence-corrected chi connectivity index (χ4v) is 3.29. The number of amides is 1. The Hall–Kier alpha value is -2.01. The lowest BCUT2D eigenvalue weighted by atomic mass is 9.91. The molecule has 136 valence electrons. The van der Waals surface area contributed by atoms with E-state index in [9.17, 15) is 4.79 Å². The summed E-state index contributed by atoms with van der Waals surface area (Å²) in [5.41, 5.74) is 0.603. The lowest BCUT2D eigenvalue weighted by Crippen LogP contribution is -2.51. The smallest absolute Gasteiger partial charge is 0.254 e. The van der Waals surface area contributed by atoms with Crippen molar-refractivity contribution in [1.82, 2.24) is 4.90 Å². The van der Waals surface area contributed by atoms with Gasteiger partial charge in [0.15, 0.2) is 0 Å². The minimum atomic E-state index is -0.854. The summed E-state index contributed by atoms with van der Waals surface area (Å²) >= 11 is 12.2. The Morgan fingerprint density at radius 3 is 2.65 bits per heavy atom. The van der Waals surface area contributed by atoms with E-state index in [1.54, 1.807) is 36.5 Å². The number of morpholine rings is 1. The van der Waals surface area contributed by atoms with Gasteiger partial charge in [-0.05, 0) is 35.9 Å². The molecule has 0 bridgehead atoms. The van der Waals surface area contributed by atoms with Crippen molar-refractivity contribution in [1.29, 1.82) is 0 Å². The van der Waals surface area contributed by atoms with E-state index < -0.39 is 5.60 Å². The average molecular weight is 392 g/mol. The van der Waals surface area contributed by atoms with Crippen LogP contribution in [0.4, 0.5) is 0 Å². The summed E-state index contributed by atoms with van der Waals surface area (Å²) in [6.45, 7) is 1.25. The van der Waals surface area contributed by atoms with Crippen LogP contribution in [-0.2, 0) is 15.1 Å². The van der Waals surface area contributed by atoms with Crippen LogP contribution >= 0.6 is 23.2 Å². The maximum absolute atomic E-state index is 12.9. The molecule has 26 heavy (non-hydrogen) atoms. The number of rotatable bonds is 4. The molecule has 0 spiro atoms. The number of ether oxygens (including phenoxy) is 2. The maximum Gasteiger partial charge on any atom is 0.254 e. The zero-order valence-corrected chi connectivity index (χ0v) is 15.8.